The first-order valence-electron chi connectivity index (χ1n) is 7.22. The summed E-state index contributed by atoms with van der Waals surface area (Å²) in [6.07, 6.45) is 3.43. The fraction of sp³-hybridized carbons (Fsp3) is 0.125. The predicted octanol–water partition coefficient (Wildman–Crippen LogP) is 3.28. The average Bonchev–Trinajstić information content (AvgIpc) is 3.09. The van der Waals surface area contributed by atoms with Gasteiger partial charge in [-0.15, -0.1) is 0 Å². The van der Waals surface area contributed by atoms with Gasteiger partial charge in [0, 0.05) is 21.8 Å². The molecule has 6 nitrogen and oxygen atoms in total. The molecule has 0 atom stereocenters. The Kier molecular flexibility index (Phi) is 5.36. The van der Waals surface area contributed by atoms with Crippen molar-refractivity contribution in [2.75, 3.05) is 0 Å². The number of rotatable bonds is 5. The number of aryl methyl sites for hydroxylation is 1. The van der Waals surface area contributed by atoms with Crippen molar-refractivity contribution in [3.63, 3.8) is 0 Å². The fourth-order valence-electron chi connectivity index (χ4n) is 2.29. The summed E-state index contributed by atoms with van der Waals surface area (Å²) in [7, 11) is 0. The number of carboxylic acid groups (broad SMARTS) is 1. The maximum atomic E-state index is 11.9. The van der Waals surface area contributed by atoms with Crippen molar-refractivity contribution >= 4 is 62.2 Å². The van der Waals surface area contributed by atoms with Crippen molar-refractivity contribution in [1.29, 1.82) is 0 Å². The summed E-state index contributed by atoms with van der Waals surface area (Å²) < 4.78 is 2.89. The molecule has 0 spiro atoms. The van der Waals surface area contributed by atoms with Crippen LogP contribution in [0.15, 0.2) is 39.8 Å². The Bertz CT molecular complexity index is 908. The number of nitrogens with one attached hydrogen (secondary N) is 1. The van der Waals surface area contributed by atoms with Gasteiger partial charge in [0.05, 0.1) is 23.6 Å². The highest BCUT2D eigenvalue weighted by atomic mass is 79.9. The first-order chi connectivity index (χ1) is 11.9. The molecule has 1 aromatic carbocycles. The van der Waals surface area contributed by atoms with E-state index in [1.54, 1.807) is 17.0 Å². The third-order valence-corrected chi connectivity index (χ3v) is 5.03. The molecule has 1 aliphatic rings. The van der Waals surface area contributed by atoms with E-state index in [0.717, 1.165) is 15.6 Å². The van der Waals surface area contributed by atoms with E-state index < -0.39 is 5.97 Å². The Morgan fingerprint density at radius 1 is 1.48 bits per heavy atom. The summed E-state index contributed by atoms with van der Waals surface area (Å²) in [5.41, 5.74) is 2.26. The van der Waals surface area contributed by atoms with Crippen LogP contribution in [0.3, 0.4) is 0 Å². The lowest BCUT2D eigenvalue weighted by atomic mass is 10.1. The second-order valence-corrected chi connectivity index (χ2v) is 7.84. The van der Waals surface area contributed by atoms with E-state index in [9.17, 15) is 9.59 Å². The molecule has 1 saturated heterocycles. The van der Waals surface area contributed by atoms with Gasteiger partial charge in [0.15, 0.2) is 0 Å². The zero-order chi connectivity index (χ0) is 18.0. The topological polar surface area (TPSA) is 84.2 Å². The molecular weight excluding hydrogens is 426 g/mol. The highest BCUT2D eigenvalue weighted by Crippen LogP contribution is 2.31. The minimum atomic E-state index is -0.893. The number of thiocarbonyl (C=S) groups is 1. The molecule has 0 radical (unpaired) electrons. The van der Waals surface area contributed by atoms with Gasteiger partial charge in [-0.1, -0.05) is 52.0 Å². The van der Waals surface area contributed by atoms with Crippen LogP contribution in [0.1, 0.15) is 12.0 Å². The Morgan fingerprint density at radius 3 is 2.92 bits per heavy atom. The molecule has 0 aliphatic carbocycles. The van der Waals surface area contributed by atoms with Gasteiger partial charge in [0.2, 0.25) is 0 Å². The lowest BCUT2D eigenvalue weighted by Gasteiger charge is -2.00. The molecule has 0 saturated carbocycles. The number of aliphatic carboxylic acids is 1. The minimum Gasteiger partial charge on any atom is -0.481 e. The number of carbonyl (C=O) groups excluding carboxylic acids is 1. The number of thioether (sulfide) groups is 1. The molecule has 1 aliphatic heterocycles. The van der Waals surface area contributed by atoms with Crippen molar-refractivity contribution in [1.82, 2.24) is 15.1 Å². The summed E-state index contributed by atoms with van der Waals surface area (Å²) in [4.78, 5) is 23.2. The van der Waals surface area contributed by atoms with Gasteiger partial charge in [0.25, 0.3) is 5.91 Å². The van der Waals surface area contributed by atoms with Crippen LogP contribution in [0.5, 0.6) is 0 Å². The number of hydrogen-bond acceptors (Lipinski definition) is 5. The van der Waals surface area contributed by atoms with Crippen molar-refractivity contribution in [3.05, 3.63) is 45.4 Å². The van der Waals surface area contributed by atoms with Gasteiger partial charge in [-0.2, -0.15) is 5.10 Å². The van der Waals surface area contributed by atoms with E-state index in [1.165, 1.54) is 11.8 Å². The van der Waals surface area contributed by atoms with Crippen LogP contribution in [0.2, 0.25) is 0 Å². The van der Waals surface area contributed by atoms with Crippen molar-refractivity contribution in [2.24, 2.45) is 0 Å². The van der Waals surface area contributed by atoms with Gasteiger partial charge in [-0.05, 0) is 18.2 Å². The van der Waals surface area contributed by atoms with Gasteiger partial charge < -0.3 is 10.4 Å². The van der Waals surface area contributed by atoms with E-state index in [0.29, 0.717) is 14.9 Å². The van der Waals surface area contributed by atoms with E-state index in [2.05, 4.69) is 26.3 Å². The van der Waals surface area contributed by atoms with Crippen LogP contribution < -0.4 is 5.32 Å². The fourth-order valence-corrected chi connectivity index (χ4v) is 3.72. The van der Waals surface area contributed by atoms with Gasteiger partial charge in [0.1, 0.15) is 4.32 Å². The number of amides is 1. The summed E-state index contributed by atoms with van der Waals surface area (Å²) >= 11 is 9.63. The van der Waals surface area contributed by atoms with Crippen molar-refractivity contribution in [2.45, 2.75) is 13.0 Å². The van der Waals surface area contributed by atoms with E-state index in [1.807, 2.05) is 24.3 Å². The van der Waals surface area contributed by atoms with E-state index in [4.69, 9.17) is 17.3 Å². The molecule has 1 fully saturated rings. The zero-order valence-corrected chi connectivity index (χ0v) is 15.9. The number of carboxylic acids is 1. The Hall–Kier alpha value is -1.97. The summed E-state index contributed by atoms with van der Waals surface area (Å²) in [5.74, 6) is -1.14. The molecule has 25 heavy (non-hydrogen) atoms. The van der Waals surface area contributed by atoms with E-state index in [-0.39, 0.29) is 18.9 Å². The molecule has 1 aromatic heterocycles. The van der Waals surface area contributed by atoms with Crippen LogP contribution >= 0.6 is 39.9 Å². The number of benzene rings is 1. The summed E-state index contributed by atoms with van der Waals surface area (Å²) in [5, 5.41) is 15.9. The maximum absolute atomic E-state index is 11.9. The SMILES string of the molecule is O=C(O)CCn1cc(C=C2SC(=S)NC2=O)c(-c2cccc(Br)c2)n1. The van der Waals surface area contributed by atoms with Crippen molar-refractivity contribution in [3.8, 4) is 11.3 Å². The van der Waals surface area contributed by atoms with Crippen LogP contribution in [0, 0.1) is 0 Å². The molecule has 2 heterocycles. The monoisotopic (exact) mass is 437 g/mol. The van der Waals surface area contributed by atoms with Crippen LogP contribution in [0.25, 0.3) is 17.3 Å². The highest BCUT2D eigenvalue weighted by molar-refractivity contribution is 9.10. The second-order valence-electron chi connectivity index (χ2n) is 5.20. The van der Waals surface area contributed by atoms with Gasteiger partial charge in [-0.3, -0.25) is 14.3 Å². The molecule has 128 valence electrons. The molecule has 9 heteroatoms. The number of nitrogens with zero attached hydrogens (tertiary/aromatic N) is 2. The van der Waals surface area contributed by atoms with Crippen molar-refractivity contribution < 1.29 is 14.7 Å². The number of aromatic nitrogens is 2. The molecule has 0 bridgehead atoms. The average molecular weight is 438 g/mol. The third kappa shape index (κ3) is 4.36. The first-order valence-corrected chi connectivity index (χ1v) is 9.24. The Labute approximate surface area is 161 Å². The van der Waals surface area contributed by atoms with Crippen LogP contribution in [0.4, 0.5) is 0 Å². The number of halogens is 1. The lowest BCUT2D eigenvalue weighted by molar-refractivity contribution is -0.137. The van der Waals surface area contributed by atoms with Crippen LogP contribution in [-0.2, 0) is 16.1 Å². The second kappa shape index (κ2) is 7.51. The number of carbonyl (C=O) groups is 2. The summed E-state index contributed by atoms with van der Waals surface area (Å²) in [6.45, 7) is 0.247. The maximum Gasteiger partial charge on any atom is 0.305 e. The first kappa shape index (κ1) is 17.8. The standard InChI is InChI=1S/C16H12BrN3O3S2/c17-11-3-1-2-9(6-11)14-10(7-12-15(23)18-16(24)25-12)8-20(19-14)5-4-13(21)22/h1-3,6-8H,4-5H2,(H,21,22)(H,18,23,24). The number of hydrogen-bond donors (Lipinski definition) is 2. The third-order valence-electron chi connectivity index (χ3n) is 3.37. The predicted molar refractivity (Wildman–Crippen MR) is 104 cm³/mol. The smallest absolute Gasteiger partial charge is 0.305 e. The Morgan fingerprint density at radius 2 is 2.28 bits per heavy atom. The summed E-state index contributed by atoms with van der Waals surface area (Å²) in [6, 6.07) is 7.61. The zero-order valence-electron chi connectivity index (χ0n) is 12.7. The molecule has 1 amide bonds. The van der Waals surface area contributed by atoms with Crippen LogP contribution in [-0.4, -0.2) is 31.1 Å². The normalized spacial score (nSPS) is 15.6. The lowest BCUT2D eigenvalue weighted by Crippen LogP contribution is -2.17. The molecule has 2 N–H and O–H groups in total. The molecule has 0 unspecified atom stereocenters. The highest BCUT2D eigenvalue weighted by Gasteiger charge is 2.23. The largest absolute Gasteiger partial charge is 0.481 e. The minimum absolute atomic E-state index is 0.0328. The quantitative estimate of drug-likeness (QED) is 0.551. The molecule has 2 aromatic rings. The van der Waals surface area contributed by atoms with Gasteiger partial charge in [-0.25, -0.2) is 0 Å². The molecule has 3 rings (SSSR count). The van der Waals surface area contributed by atoms with E-state index >= 15 is 0 Å². The molecular formula is C16H12BrN3O3S2. The Balaban J connectivity index is 2.02. The van der Waals surface area contributed by atoms with Gasteiger partial charge >= 0.3 is 5.97 Å².